The van der Waals surface area contributed by atoms with E-state index in [4.69, 9.17) is 0 Å². The monoisotopic (exact) mass is 134 g/mol. The van der Waals surface area contributed by atoms with Gasteiger partial charge in [-0.15, -0.1) is 13.2 Å². The molecular weight excluding hydrogens is 120 g/mol. The Balaban J connectivity index is 3.80. The summed E-state index contributed by atoms with van der Waals surface area (Å²) < 4.78 is 0. The summed E-state index contributed by atoms with van der Waals surface area (Å²) in [5.41, 5.74) is 0. The first-order chi connectivity index (χ1) is 4.85. The molecule has 1 atom stereocenters. The minimum atomic E-state index is 0.412. The molecule has 54 valence electrons. The fourth-order valence-electron chi connectivity index (χ4n) is 0.667. The highest BCUT2D eigenvalue weighted by atomic mass is 14.0. The Morgan fingerprint density at radius 2 is 1.90 bits per heavy atom. The van der Waals surface area contributed by atoms with Crippen LogP contribution in [0.5, 0.6) is 0 Å². The van der Waals surface area contributed by atoms with Crippen LogP contribution < -0.4 is 0 Å². The summed E-state index contributed by atoms with van der Waals surface area (Å²) in [4.78, 5) is 0. The van der Waals surface area contributed by atoms with Gasteiger partial charge in [0.05, 0.1) is 0 Å². The van der Waals surface area contributed by atoms with Gasteiger partial charge in [0, 0.05) is 0 Å². The van der Waals surface area contributed by atoms with Crippen molar-refractivity contribution in [3.8, 4) is 0 Å². The first kappa shape index (κ1) is 8.96. The highest BCUT2D eigenvalue weighted by Gasteiger charge is 1.92. The molecule has 0 fully saturated rings. The molecule has 0 aliphatic heterocycles. The minimum Gasteiger partial charge on any atom is -0.103 e. The third-order valence-corrected chi connectivity index (χ3v) is 1.24. The van der Waals surface area contributed by atoms with Crippen LogP contribution in [0.15, 0.2) is 50.1 Å². The molecule has 0 rings (SSSR count). The van der Waals surface area contributed by atoms with Gasteiger partial charge in [-0.25, -0.2) is 0 Å². The maximum absolute atomic E-state index is 3.70. The van der Waals surface area contributed by atoms with Crippen molar-refractivity contribution in [2.24, 2.45) is 5.92 Å². The molecule has 0 amide bonds. The van der Waals surface area contributed by atoms with Gasteiger partial charge in [-0.1, -0.05) is 37.0 Å². The summed E-state index contributed by atoms with van der Waals surface area (Å²) in [6.45, 7) is 10.9. The van der Waals surface area contributed by atoms with E-state index in [0.29, 0.717) is 5.92 Å². The van der Waals surface area contributed by atoms with Crippen molar-refractivity contribution in [3.63, 3.8) is 0 Å². The second-order valence-corrected chi connectivity index (χ2v) is 2.04. The lowest BCUT2D eigenvalue weighted by atomic mass is 10.1. The maximum Gasteiger partial charge on any atom is -0.00186 e. The van der Waals surface area contributed by atoms with Crippen molar-refractivity contribution in [3.05, 3.63) is 50.1 Å². The third-order valence-electron chi connectivity index (χ3n) is 1.24. The van der Waals surface area contributed by atoms with E-state index in [1.54, 1.807) is 6.08 Å². The molecule has 0 saturated carbocycles. The molecule has 0 radical (unpaired) electrons. The molecule has 0 spiro atoms. The van der Waals surface area contributed by atoms with E-state index in [2.05, 4.69) is 25.8 Å². The van der Waals surface area contributed by atoms with Crippen molar-refractivity contribution in [2.45, 2.75) is 6.42 Å². The van der Waals surface area contributed by atoms with Crippen molar-refractivity contribution in [1.29, 1.82) is 0 Å². The average molecular weight is 134 g/mol. The Kier molecular flexibility index (Phi) is 5.45. The summed E-state index contributed by atoms with van der Waals surface area (Å²) in [5, 5.41) is 0. The van der Waals surface area contributed by atoms with Crippen LogP contribution in [0.2, 0.25) is 0 Å². The molecule has 0 N–H and O–H groups in total. The summed E-state index contributed by atoms with van der Waals surface area (Å²) in [6.07, 6.45) is 10.5. The molecule has 10 heavy (non-hydrogen) atoms. The van der Waals surface area contributed by atoms with E-state index in [0.717, 1.165) is 6.42 Å². The van der Waals surface area contributed by atoms with E-state index in [-0.39, 0.29) is 0 Å². The molecular formula is C10H14. The summed E-state index contributed by atoms with van der Waals surface area (Å²) >= 11 is 0. The Morgan fingerprint density at radius 1 is 1.20 bits per heavy atom. The van der Waals surface area contributed by atoms with Gasteiger partial charge >= 0.3 is 0 Å². The molecule has 0 saturated heterocycles. The van der Waals surface area contributed by atoms with Gasteiger partial charge < -0.3 is 0 Å². The highest BCUT2D eigenvalue weighted by molar-refractivity contribution is 5.05. The van der Waals surface area contributed by atoms with Crippen LogP contribution in [0.1, 0.15) is 6.42 Å². The second-order valence-electron chi connectivity index (χ2n) is 2.04. The Bertz CT molecular complexity index is 140. The largest absolute Gasteiger partial charge is 0.103 e. The van der Waals surface area contributed by atoms with Crippen LogP contribution in [0.4, 0.5) is 0 Å². The number of allylic oxidation sites excluding steroid dienone is 5. The zero-order valence-electron chi connectivity index (χ0n) is 6.29. The lowest BCUT2D eigenvalue weighted by Gasteiger charge is -1.99. The summed E-state index contributed by atoms with van der Waals surface area (Å²) in [5.74, 6) is 0.412. The second kappa shape index (κ2) is 6.09. The minimum absolute atomic E-state index is 0.412. The Labute approximate surface area is 63.3 Å². The summed E-state index contributed by atoms with van der Waals surface area (Å²) in [6, 6.07) is 0. The van der Waals surface area contributed by atoms with Crippen LogP contribution >= 0.6 is 0 Å². The molecule has 0 aliphatic carbocycles. The number of hydrogen-bond acceptors (Lipinski definition) is 0. The molecule has 1 unspecified atom stereocenters. The SMILES string of the molecule is C=CC=CC(C=C)CC=C. The van der Waals surface area contributed by atoms with Gasteiger partial charge in [0.1, 0.15) is 0 Å². The molecule has 0 heteroatoms. The molecule has 0 aromatic carbocycles. The molecule has 0 aliphatic rings. The summed E-state index contributed by atoms with van der Waals surface area (Å²) in [7, 11) is 0. The molecule has 0 aromatic rings. The van der Waals surface area contributed by atoms with Crippen LogP contribution in [0, 0.1) is 5.92 Å². The van der Waals surface area contributed by atoms with Crippen molar-refractivity contribution in [2.75, 3.05) is 0 Å². The Hall–Kier alpha value is -1.04. The van der Waals surface area contributed by atoms with Crippen LogP contribution in [-0.2, 0) is 0 Å². The standard InChI is InChI=1S/C10H14/c1-4-7-9-10(6-3)8-5-2/h4-7,9-10H,1-3,8H2. The van der Waals surface area contributed by atoms with Crippen LogP contribution in [0.25, 0.3) is 0 Å². The predicted molar refractivity (Wildman–Crippen MR) is 47.8 cm³/mol. The fourth-order valence-corrected chi connectivity index (χ4v) is 0.667. The van der Waals surface area contributed by atoms with E-state index >= 15 is 0 Å². The van der Waals surface area contributed by atoms with E-state index in [1.165, 1.54) is 0 Å². The van der Waals surface area contributed by atoms with Gasteiger partial charge in [0.25, 0.3) is 0 Å². The smallest absolute Gasteiger partial charge is 0.00186 e. The zero-order valence-corrected chi connectivity index (χ0v) is 6.29. The lowest BCUT2D eigenvalue weighted by molar-refractivity contribution is 0.836. The van der Waals surface area contributed by atoms with Gasteiger partial charge in [0.15, 0.2) is 0 Å². The average Bonchev–Trinajstić information content (AvgIpc) is 1.98. The van der Waals surface area contributed by atoms with Gasteiger partial charge in [0.2, 0.25) is 0 Å². The molecule has 0 bridgehead atoms. The van der Waals surface area contributed by atoms with E-state index in [9.17, 15) is 0 Å². The number of hydrogen-bond donors (Lipinski definition) is 0. The molecule has 0 heterocycles. The van der Waals surface area contributed by atoms with Crippen LogP contribution in [0.3, 0.4) is 0 Å². The fraction of sp³-hybridized carbons (Fsp3) is 0.200. The van der Waals surface area contributed by atoms with E-state index in [1.807, 2.05) is 18.2 Å². The number of rotatable bonds is 5. The van der Waals surface area contributed by atoms with Gasteiger partial charge in [-0.3, -0.25) is 0 Å². The van der Waals surface area contributed by atoms with Crippen molar-refractivity contribution >= 4 is 0 Å². The highest BCUT2D eigenvalue weighted by Crippen LogP contribution is 2.05. The Morgan fingerprint density at radius 3 is 2.30 bits per heavy atom. The first-order valence-electron chi connectivity index (χ1n) is 3.37. The van der Waals surface area contributed by atoms with Crippen molar-refractivity contribution in [1.82, 2.24) is 0 Å². The van der Waals surface area contributed by atoms with E-state index < -0.39 is 0 Å². The van der Waals surface area contributed by atoms with Crippen molar-refractivity contribution < 1.29 is 0 Å². The molecule has 0 aromatic heterocycles. The lowest BCUT2D eigenvalue weighted by Crippen LogP contribution is -1.86. The topological polar surface area (TPSA) is 0 Å². The normalized spacial score (nSPS) is 12.8. The maximum atomic E-state index is 3.70. The third kappa shape index (κ3) is 3.90. The quantitative estimate of drug-likeness (QED) is 0.400. The molecule has 0 nitrogen and oxygen atoms in total. The predicted octanol–water partition coefficient (Wildman–Crippen LogP) is 3.11. The van der Waals surface area contributed by atoms with Gasteiger partial charge in [-0.05, 0) is 12.3 Å². The first-order valence-corrected chi connectivity index (χ1v) is 3.37. The zero-order chi connectivity index (χ0) is 7.82. The van der Waals surface area contributed by atoms with Gasteiger partial charge in [-0.2, -0.15) is 0 Å². The van der Waals surface area contributed by atoms with Crippen LogP contribution in [-0.4, -0.2) is 0 Å².